The number of guanidine groups is 1. The first-order chi connectivity index (χ1) is 9.28. The number of sulfonamides is 1. The first kappa shape index (κ1) is 17.2. The Bertz CT molecular complexity index is 420. The number of aliphatic imine (C=N–C) groups is 1. The number of hydrogen-bond acceptors (Lipinski definition) is 3. The Hall–Kier alpha value is -0.820. The van der Waals surface area contributed by atoms with E-state index in [4.69, 9.17) is 5.73 Å². The van der Waals surface area contributed by atoms with Gasteiger partial charge in [0.05, 0.1) is 6.26 Å². The Morgan fingerprint density at radius 3 is 2.60 bits per heavy atom. The molecule has 1 saturated carbocycles. The number of hydrogen-bond donors (Lipinski definition) is 3. The van der Waals surface area contributed by atoms with Gasteiger partial charge in [-0.05, 0) is 24.7 Å². The lowest BCUT2D eigenvalue weighted by atomic mass is 9.85. The molecule has 1 aliphatic carbocycles. The van der Waals surface area contributed by atoms with Crippen molar-refractivity contribution in [3.05, 3.63) is 0 Å². The summed E-state index contributed by atoms with van der Waals surface area (Å²) in [5.41, 5.74) is 5.81. The Kier molecular flexibility index (Phi) is 6.75. The van der Waals surface area contributed by atoms with Gasteiger partial charge in [0, 0.05) is 19.1 Å². The molecule has 0 aromatic rings. The Labute approximate surface area is 122 Å². The first-order valence-corrected chi connectivity index (χ1v) is 9.18. The third-order valence-electron chi connectivity index (χ3n) is 3.45. The Balaban J connectivity index is 2.48. The lowest BCUT2D eigenvalue weighted by molar-refractivity contribution is 0.289. The van der Waals surface area contributed by atoms with Crippen molar-refractivity contribution < 1.29 is 8.42 Å². The molecule has 0 aromatic heterocycles. The van der Waals surface area contributed by atoms with Crippen molar-refractivity contribution in [2.45, 2.75) is 45.6 Å². The molecule has 0 aromatic carbocycles. The van der Waals surface area contributed by atoms with Crippen LogP contribution < -0.4 is 15.8 Å². The molecule has 6 nitrogen and oxygen atoms in total. The number of rotatable bonds is 6. The molecule has 0 heterocycles. The molecule has 1 rings (SSSR count). The van der Waals surface area contributed by atoms with Crippen LogP contribution >= 0.6 is 0 Å². The maximum Gasteiger partial charge on any atom is 0.208 e. The van der Waals surface area contributed by atoms with Crippen molar-refractivity contribution in [2.75, 3.05) is 19.3 Å². The van der Waals surface area contributed by atoms with Crippen molar-refractivity contribution in [1.29, 1.82) is 0 Å². The van der Waals surface area contributed by atoms with Crippen molar-refractivity contribution >= 4 is 16.0 Å². The fourth-order valence-electron chi connectivity index (χ4n) is 2.45. The molecule has 0 bridgehead atoms. The SMILES string of the molecule is CC(C)CN=C(N)NCC1CCCCC1NS(C)(=O)=O. The van der Waals surface area contributed by atoms with E-state index in [1.807, 2.05) is 0 Å². The van der Waals surface area contributed by atoms with Crippen molar-refractivity contribution in [3.8, 4) is 0 Å². The topological polar surface area (TPSA) is 96.6 Å². The lowest BCUT2D eigenvalue weighted by Gasteiger charge is -2.31. The highest BCUT2D eigenvalue weighted by molar-refractivity contribution is 7.88. The van der Waals surface area contributed by atoms with E-state index in [0.29, 0.717) is 25.0 Å². The third-order valence-corrected chi connectivity index (χ3v) is 4.18. The normalized spacial score (nSPS) is 24.9. The molecule has 1 fully saturated rings. The summed E-state index contributed by atoms with van der Waals surface area (Å²) in [7, 11) is -3.16. The molecule has 20 heavy (non-hydrogen) atoms. The predicted octanol–water partition coefficient (Wildman–Crippen LogP) is 0.655. The smallest absolute Gasteiger partial charge is 0.208 e. The minimum atomic E-state index is -3.16. The van der Waals surface area contributed by atoms with Gasteiger partial charge in [0.2, 0.25) is 10.0 Å². The molecule has 0 spiro atoms. The van der Waals surface area contributed by atoms with Gasteiger partial charge < -0.3 is 11.1 Å². The van der Waals surface area contributed by atoms with Gasteiger partial charge in [0.25, 0.3) is 0 Å². The molecule has 0 saturated heterocycles. The third kappa shape index (κ3) is 7.09. The molecule has 2 unspecified atom stereocenters. The zero-order valence-electron chi connectivity index (χ0n) is 12.7. The van der Waals surface area contributed by atoms with E-state index in [-0.39, 0.29) is 12.0 Å². The van der Waals surface area contributed by atoms with Crippen LogP contribution in [0, 0.1) is 11.8 Å². The highest BCUT2D eigenvalue weighted by Crippen LogP contribution is 2.24. The molecule has 2 atom stereocenters. The Morgan fingerprint density at radius 1 is 1.35 bits per heavy atom. The maximum atomic E-state index is 11.4. The monoisotopic (exact) mass is 304 g/mol. The predicted molar refractivity (Wildman–Crippen MR) is 83.1 cm³/mol. The summed E-state index contributed by atoms with van der Waals surface area (Å²) in [5.74, 6) is 1.19. The second-order valence-electron chi connectivity index (χ2n) is 6.04. The molecule has 118 valence electrons. The van der Waals surface area contributed by atoms with E-state index >= 15 is 0 Å². The van der Waals surface area contributed by atoms with E-state index in [1.165, 1.54) is 6.26 Å². The number of nitrogens with one attached hydrogen (secondary N) is 2. The second kappa shape index (κ2) is 7.83. The summed E-state index contributed by atoms with van der Waals surface area (Å²) < 4.78 is 25.5. The van der Waals surface area contributed by atoms with Crippen LogP contribution in [0.2, 0.25) is 0 Å². The van der Waals surface area contributed by atoms with Crippen molar-refractivity contribution in [1.82, 2.24) is 10.0 Å². The van der Waals surface area contributed by atoms with Gasteiger partial charge in [0.1, 0.15) is 0 Å². The van der Waals surface area contributed by atoms with Crippen LogP contribution in [0.15, 0.2) is 4.99 Å². The lowest BCUT2D eigenvalue weighted by Crippen LogP contribution is -2.47. The molecular formula is C13H28N4O2S. The van der Waals surface area contributed by atoms with Crippen molar-refractivity contribution in [3.63, 3.8) is 0 Å². The van der Waals surface area contributed by atoms with Crippen LogP contribution in [0.25, 0.3) is 0 Å². The van der Waals surface area contributed by atoms with E-state index in [9.17, 15) is 8.42 Å². The summed E-state index contributed by atoms with van der Waals surface area (Å²) >= 11 is 0. The average molecular weight is 304 g/mol. The van der Waals surface area contributed by atoms with E-state index in [0.717, 1.165) is 25.7 Å². The first-order valence-electron chi connectivity index (χ1n) is 7.29. The highest BCUT2D eigenvalue weighted by Gasteiger charge is 2.27. The standard InChI is InChI=1S/C13H28N4O2S/c1-10(2)8-15-13(14)16-9-11-6-4-5-7-12(11)17-20(3,18)19/h10-12,17H,4-9H2,1-3H3,(H3,14,15,16). The zero-order valence-corrected chi connectivity index (χ0v) is 13.5. The number of nitrogens with zero attached hydrogens (tertiary/aromatic N) is 1. The van der Waals surface area contributed by atoms with Gasteiger partial charge in [-0.25, -0.2) is 13.1 Å². The van der Waals surface area contributed by atoms with Crippen LogP contribution in [-0.2, 0) is 10.0 Å². The second-order valence-corrected chi connectivity index (χ2v) is 7.82. The summed E-state index contributed by atoms with van der Waals surface area (Å²) in [6, 6.07) is 0.00384. The molecule has 0 amide bonds. The summed E-state index contributed by atoms with van der Waals surface area (Å²) in [4.78, 5) is 4.25. The van der Waals surface area contributed by atoms with Crippen molar-refractivity contribution in [2.24, 2.45) is 22.6 Å². The summed E-state index contributed by atoms with van der Waals surface area (Å²) in [6.45, 7) is 5.54. The molecule has 0 radical (unpaired) electrons. The van der Waals surface area contributed by atoms with Crippen LogP contribution in [-0.4, -0.2) is 39.8 Å². The van der Waals surface area contributed by atoms with Gasteiger partial charge in [-0.2, -0.15) is 0 Å². The summed E-state index contributed by atoms with van der Waals surface area (Å²) in [5, 5.41) is 3.12. The number of nitrogens with two attached hydrogens (primary N) is 1. The molecule has 0 aliphatic heterocycles. The van der Waals surface area contributed by atoms with Crippen LogP contribution in [0.5, 0.6) is 0 Å². The zero-order chi connectivity index (χ0) is 15.2. The quantitative estimate of drug-likeness (QED) is 0.496. The molecule has 4 N–H and O–H groups in total. The minimum absolute atomic E-state index is 0.00384. The van der Waals surface area contributed by atoms with Crippen LogP contribution in [0.4, 0.5) is 0 Å². The largest absolute Gasteiger partial charge is 0.370 e. The highest BCUT2D eigenvalue weighted by atomic mass is 32.2. The maximum absolute atomic E-state index is 11.4. The average Bonchev–Trinajstić information content (AvgIpc) is 2.33. The fraction of sp³-hybridized carbons (Fsp3) is 0.923. The van der Waals surface area contributed by atoms with Gasteiger partial charge in [-0.1, -0.05) is 26.7 Å². The van der Waals surface area contributed by atoms with Crippen LogP contribution in [0.1, 0.15) is 39.5 Å². The molecular weight excluding hydrogens is 276 g/mol. The van der Waals surface area contributed by atoms with Gasteiger partial charge in [-0.15, -0.1) is 0 Å². The van der Waals surface area contributed by atoms with Gasteiger partial charge in [0.15, 0.2) is 5.96 Å². The van der Waals surface area contributed by atoms with Crippen LogP contribution in [0.3, 0.4) is 0 Å². The minimum Gasteiger partial charge on any atom is -0.370 e. The van der Waals surface area contributed by atoms with Gasteiger partial charge in [-0.3, -0.25) is 4.99 Å². The van der Waals surface area contributed by atoms with E-state index in [1.54, 1.807) is 0 Å². The summed E-state index contributed by atoms with van der Waals surface area (Å²) in [6.07, 6.45) is 5.32. The van der Waals surface area contributed by atoms with Gasteiger partial charge >= 0.3 is 0 Å². The van der Waals surface area contributed by atoms with E-state index in [2.05, 4.69) is 28.9 Å². The molecule has 7 heteroatoms. The Morgan fingerprint density at radius 2 is 2.00 bits per heavy atom. The van der Waals surface area contributed by atoms with E-state index < -0.39 is 10.0 Å². The molecule has 1 aliphatic rings. The fourth-order valence-corrected chi connectivity index (χ4v) is 3.31.